The van der Waals surface area contributed by atoms with Crippen LogP contribution in [0.15, 0.2) is 24.4 Å². The predicted octanol–water partition coefficient (Wildman–Crippen LogP) is 3.38. The molecule has 4 rings (SSSR count). The Morgan fingerprint density at radius 2 is 1.92 bits per heavy atom. The summed E-state index contributed by atoms with van der Waals surface area (Å²) in [7, 11) is 0. The van der Waals surface area contributed by atoms with Gasteiger partial charge in [-0.05, 0) is 50.8 Å². The molecule has 3 aliphatic rings. The molecule has 2 amide bonds. The van der Waals surface area contributed by atoms with E-state index in [4.69, 9.17) is 0 Å². The molecule has 1 atom stereocenters. The van der Waals surface area contributed by atoms with Crippen LogP contribution in [-0.4, -0.2) is 59.1 Å². The number of hydrogen-bond acceptors (Lipinski definition) is 3. The molecule has 5 nitrogen and oxygen atoms in total. The zero-order valence-electron chi connectivity index (χ0n) is 15.8. The van der Waals surface area contributed by atoms with E-state index in [-0.39, 0.29) is 6.03 Å². The Morgan fingerprint density at radius 1 is 1.12 bits per heavy atom. The van der Waals surface area contributed by atoms with Crippen LogP contribution in [0.1, 0.15) is 63.0 Å². The van der Waals surface area contributed by atoms with Crippen molar-refractivity contribution in [3.8, 4) is 0 Å². The third-order valence-electron chi connectivity index (χ3n) is 6.49. The van der Waals surface area contributed by atoms with Crippen molar-refractivity contribution < 1.29 is 4.79 Å². The van der Waals surface area contributed by atoms with E-state index < -0.39 is 0 Å². The van der Waals surface area contributed by atoms with E-state index in [2.05, 4.69) is 21.3 Å². The lowest BCUT2D eigenvalue weighted by Crippen LogP contribution is -2.53. The number of urea groups is 1. The molecular formula is C21H32N4O. The third kappa shape index (κ3) is 4.03. The standard InChI is InChI=1S/C21H32N4O/c26-21(24-15-17(16-24)20-10-3-5-12-22-20)23-13-11-19-9-4-6-14-25(19)18-7-1-2-8-18/h3,5,10,12,17-19H,1-2,4,6-9,11,13-16H2,(H,23,26). The van der Waals surface area contributed by atoms with Gasteiger partial charge >= 0.3 is 6.03 Å². The Bertz CT molecular complexity index is 581. The van der Waals surface area contributed by atoms with Gasteiger partial charge in [0, 0.05) is 49.5 Å². The van der Waals surface area contributed by atoms with Crippen LogP contribution in [0.4, 0.5) is 4.79 Å². The van der Waals surface area contributed by atoms with E-state index in [1.54, 1.807) is 0 Å². The number of hydrogen-bond donors (Lipinski definition) is 1. The van der Waals surface area contributed by atoms with Crippen LogP contribution in [0.5, 0.6) is 0 Å². The molecule has 3 fully saturated rings. The van der Waals surface area contributed by atoms with E-state index in [0.29, 0.717) is 12.0 Å². The highest BCUT2D eigenvalue weighted by Crippen LogP contribution is 2.30. The highest BCUT2D eigenvalue weighted by atomic mass is 16.2. The average Bonchev–Trinajstić information content (AvgIpc) is 3.16. The molecule has 3 heterocycles. The monoisotopic (exact) mass is 356 g/mol. The summed E-state index contributed by atoms with van der Waals surface area (Å²) in [5.41, 5.74) is 1.10. The zero-order valence-corrected chi connectivity index (χ0v) is 15.8. The largest absolute Gasteiger partial charge is 0.338 e. The summed E-state index contributed by atoms with van der Waals surface area (Å²) in [6, 6.07) is 7.59. The number of nitrogens with one attached hydrogen (secondary N) is 1. The molecule has 0 radical (unpaired) electrons. The first-order valence-corrected chi connectivity index (χ1v) is 10.5. The zero-order chi connectivity index (χ0) is 17.8. The number of pyridine rings is 1. The van der Waals surface area contributed by atoms with Crippen molar-refractivity contribution in [1.82, 2.24) is 20.1 Å². The quantitative estimate of drug-likeness (QED) is 0.880. The van der Waals surface area contributed by atoms with E-state index in [1.807, 2.05) is 23.2 Å². The van der Waals surface area contributed by atoms with E-state index in [9.17, 15) is 4.79 Å². The molecule has 2 aliphatic heterocycles. The van der Waals surface area contributed by atoms with E-state index in [0.717, 1.165) is 37.8 Å². The number of piperidine rings is 1. The summed E-state index contributed by atoms with van der Waals surface area (Å²) < 4.78 is 0. The van der Waals surface area contributed by atoms with Gasteiger partial charge in [0.15, 0.2) is 0 Å². The van der Waals surface area contributed by atoms with Crippen LogP contribution in [-0.2, 0) is 0 Å². The molecule has 0 aromatic carbocycles. The second-order valence-corrected chi connectivity index (χ2v) is 8.20. The van der Waals surface area contributed by atoms with Crippen LogP contribution >= 0.6 is 0 Å². The molecule has 1 aliphatic carbocycles. The first-order valence-electron chi connectivity index (χ1n) is 10.5. The Labute approximate surface area is 157 Å². The maximum absolute atomic E-state index is 12.4. The minimum absolute atomic E-state index is 0.0976. The minimum atomic E-state index is 0.0976. The fraction of sp³-hybridized carbons (Fsp3) is 0.714. The van der Waals surface area contributed by atoms with Crippen LogP contribution in [0.25, 0.3) is 0 Å². The Hall–Kier alpha value is -1.62. The second-order valence-electron chi connectivity index (χ2n) is 8.20. The number of aromatic nitrogens is 1. The maximum atomic E-state index is 12.4. The van der Waals surface area contributed by atoms with Crippen LogP contribution in [0.3, 0.4) is 0 Å². The molecule has 0 spiro atoms. The van der Waals surface area contributed by atoms with Gasteiger partial charge in [-0.15, -0.1) is 0 Å². The molecule has 0 bridgehead atoms. The number of carbonyl (C=O) groups excluding carboxylic acids is 1. The molecule has 2 saturated heterocycles. The second kappa shape index (κ2) is 8.38. The van der Waals surface area contributed by atoms with Crippen molar-refractivity contribution >= 4 is 6.03 Å². The molecule has 142 valence electrons. The van der Waals surface area contributed by atoms with Crippen LogP contribution in [0.2, 0.25) is 0 Å². The summed E-state index contributed by atoms with van der Waals surface area (Å²) in [6.07, 6.45) is 12.5. The molecule has 26 heavy (non-hydrogen) atoms. The molecule has 1 saturated carbocycles. The normalized spacial score (nSPS) is 25.2. The van der Waals surface area contributed by atoms with Gasteiger partial charge in [0.2, 0.25) is 0 Å². The number of nitrogens with zero attached hydrogens (tertiary/aromatic N) is 3. The molecule has 1 aromatic heterocycles. The highest BCUT2D eigenvalue weighted by Gasteiger charge is 2.33. The summed E-state index contributed by atoms with van der Waals surface area (Å²) in [6.45, 7) is 3.65. The summed E-state index contributed by atoms with van der Waals surface area (Å²) >= 11 is 0. The van der Waals surface area contributed by atoms with Gasteiger partial charge in [-0.25, -0.2) is 4.79 Å². The average molecular weight is 357 g/mol. The first-order chi connectivity index (χ1) is 12.8. The SMILES string of the molecule is O=C(NCCC1CCCCN1C1CCCC1)N1CC(c2ccccn2)C1. The van der Waals surface area contributed by atoms with Gasteiger partial charge in [0.1, 0.15) is 0 Å². The number of rotatable bonds is 5. The predicted molar refractivity (Wildman–Crippen MR) is 103 cm³/mol. The summed E-state index contributed by atoms with van der Waals surface area (Å²) in [5, 5.41) is 3.15. The van der Waals surface area contributed by atoms with Gasteiger partial charge in [-0.1, -0.05) is 25.3 Å². The van der Waals surface area contributed by atoms with Crippen LogP contribution < -0.4 is 5.32 Å². The molecule has 5 heteroatoms. The molecule has 1 N–H and O–H groups in total. The lowest BCUT2D eigenvalue weighted by atomic mass is 9.96. The van der Waals surface area contributed by atoms with Gasteiger partial charge in [0.05, 0.1) is 0 Å². The molecule has 1 aromatic rings. The minimum Gasteiger partial charge on any atom is -0.338 e. The fourth-order valence-corrected chi connectivity index (χ4v) is 4.96. The van der Waals surface area contributed by atoms with E-state index in [1.165, 1.54) is 51.5 Å². The lowest BCUT2D eigenvalue weighted by Gasteiger charge is -2.41. The first kappa shape index (κ1) is 17.8. The van der Waals surface area contributed by atoms with Gasteiger partial charge < -0.3 is 10.2 Å². The Balaban J connectivity index is 1.19. The summed E-state index contributed by atoms with van der Waals surface area (Å²) in [5.74, 6) is 0.401. The third-order valence-corrected chi connectivity index (χ3v) is 6.49. The topological polar surface area (TPSA) is 48.5 Å². The number of amides is 2. The Morgan fingerprint density at radius 3 is 2.69 bits per heavy atom. The van der Waals surface area contributed by atoms with Crippen molar-refractivity contribution in [1.29, 1.82) is 0 Å². The smallest absolute Gasteiger partial charge is 0.317 e. The van der Waals surface area contributed by atoms with Gasteiger partial charge in [0.25, 0.3) is 0 Å². The molecular weight excluding hydrogens is 324 g/mol. The number of carbonyl (C=O) groups is 1. The van der Waals surface area contributed by atoms with Crippen LogP contribution in [0, 0.1) is 0 Å². The van der Waals surface area contributed by atoms with Crippen molar-refractivity contribution in [2.24, 2.45) is 0 Å². The Kier molecular flexibility index (Phi) is 5.73. The van der Waals surface area contributed by atoms with Crippen molar-refractivity contribution in [2.75, 3.05) is 26.2 Å². The molecule has 1 unspecified atom stereocenters. The highest BCUT2D eigenvalue weighted by molar-refractivity contribution is 5.75. The number of likely N-dealkylation sites (tertiary alicyclic amines) is 2. The van der Waals surface area contributed by atoms with Crippen molar-refractivity contribution in [2.45, 2.75) is 69.4 Å². The van der Waals surface area contributed by atoms with Gasteiger partial charge in [-0.2, -0.15) is 0 Å². The maximum Gasteiger partial charge on any atom is 0.317 e. The van der Waals surface area contributed by atoms with Gasteiger partial charge in [-0.3, -0.25) is 9.88 Å². The van der Waals surface area contributed by atoms with E-state index >= 15 is 0 Å². The lowest BCUT2D eigenvalue weighted by molar-refractivity contribution is 0.0904. The summed E-state index contributed by atoms with van der Waals surface area (Å²) in [4.78, 5) is 21.4. The van der Waals surface area contributed by atoms with Crippen molar-refractivity contribution in [3.05, 3.63) is 30.1 Å². The fourth-order valence-electron chi connectivity index (χ4n) is 4.96. The van der Waals surface area contributed by atoms with Crippen molar-refractivity contribution in [3.63, 3.8) is 0 Å².